The van der Waals surface area contributed by atoms with E-state index in [-0.39, 0.29) is 17.4 Å². The second-order valence-corrected chi connectivity index (χ2v) is 3.66. The minimum atomic E-state index is -0.941. The van der Waals surface area contributed by atoms with E-state index in [1.807, 2.05) is 0 Å². The molecular formula is C12H15NO3. The largest absolute Gasteiger partial charge is 0.478 e. The maximum Gasteiger partial charge on any atom is 0.335 e. The van der Waals surface area contributed by atoms with Crippen molar-refractivity contribution in [2.75, 3.05) is 7.05 Å². The van der Waals surface area contributed by atoms with Crippen molar-refractivity contribution in [3.8, 4) is 0 Å². The Morgan fingerprint density at radius 1 is 1.31 bits per heavy atom. The highest BCUT2D eigenvalue weighted by molar-refractivity contribution is 5.87. The number of carbonyl (C=O) groups excluding carboxylic acids is 1. The van der Waals surface area contributed by atoms with E-state index in [1.54, 1.807) is 31.3 Å². The van der Waals surface area contributed by atoms with Crippen LogP contribution in [0.15, 0.2) is 24.3 Å². The van der Waals surface area contributed by atoms with Crippen molar-refractivity contribution in [1.29, 1.82) is 0 Å². The highest BCUT2D eigenvalue weighted by atomic mass is 16.4. The zero-order chi connectivity index (χ0) is 12.1. The van der Waals surface area contributed by atoms with Crippen molar-refractivity contribution in [2.24, 2.45) is 0 Å². The van der Waals surface area contributed by atoms with Gasteiger partial charge >= 0.3 is 5.97 Å². The Bertz CT molecular complexity index is 384. The van der Waals surface area contributed by atoms with Crippen LogP contribution < -0.4 is 5.32 Å². The first-order valence-corrected chi connectivity index (χ1v) is 5.04. The number of hydrogen-bond acceptors (Lipinski definition) is 3. The van der Waals surface area contributed by atoms with E-state index in [4.69, 9.17) is 5.11 Å². The third-order valence-corrected chi connectivity index (χ3v) is 2.48. The van der Waals surface area contributed by atoms with Crippen LogP contribution in [0.2, 0.25) is 0 Å². The van der Waals surface area contributed by atoms with Gasteiger partial charge in [-0.2, -0.15) is 0 Å². The van der Waals surface area contributed by atoms with Gasteiger partial charge in [0.25, 0.3) is 0 Å². The van der Waals surface area contributed by atoms with Crippen molar-refractivity contribution in [2.45, 2.75) is 19.4 Å². The van der Waals surface area contributed by atoms with Crippen molar-refractivity contribution in [3.63, 3.8) is 0 Å². The van der Waals surface area contributed by atoms with Gasteiger partial charge in [-0.05, 0) is 38.1 Å². The Labute approximate surface area is 94.3 Å². The van der Waals surface area contributed by atoms with E-state index in [0.717, 1.165) is 5.56 Å². The van der Waals surface area contributed by atoms with Gasteiger partial charge in [-0.25, -0.2) is 4.79 Å². The van der Waals surface area contributed by atoms with Crippen molar-refractivity contribution in [3.05, 3.63) is 35.4 Å². The van der Waals surface area contributed by atoms with Crippen LogP contribution in [-0.4, -0.2) is 29.9 Å². The zero-order valence-electron chi connectivity index (χ0n) is 9.36. The summed E-state index contributed by atoms with van der Waals surface area (Å²) in [5, 5.41) is 11.6. The molecule has 0 amide bonds. The number of aromatic carboxylic acids is 1. The first-order chi connectivity index (χ1) is 7.54. The summed E-state index contributed by atoms with van der Waals surface area (Å²) >= 11 is 0. The highest BCUT2D eigenvalue weighted by Crippen LogP contribution is 2.07. The Balaban J connectivity index is 2.75. The Morgan fingerprint density at radius 2 is 1.88 bits per heavy atom. The molecule has 0 spiro atoms. The Morgan fingerprint density at radius 3 is 2.25 bits per heavy atom. The molecule has 0 saturated heterocycles. The molecule has 0 bridgehead atoms. The molecule has 0 radical (unpaired) electrons. The standard InChI is InChI=1S/C12H15NO3/c1-8(14)11(13-2)7-9-3-5-10(6-4-9)12(15)16/h3-6,11,13H,7H2,1-2H3,(H,15,16)/t11-/m0/s1. The lowest BCUT2D eigenvalue weighted by Gasteiger charge is -2.12. The zero-order valence-corrected chi connectivity index (χ0v) is 9.36. The van der Waals surface area contributed by atoms with Crippen molar-refractivity contribution in [1.82, 2.24) is 5.32 Å². The van der Waals surface area contributed by atoms with E-state index in [9.17, 15) is 9.59 Å². The molecule has 0 heterocycles. The van der Waals surface area contributed by atoms with Crippen LogP contribution in [-0.2, 0) is 11.2 Å². The minimum Gasteiger partial charge on any atom is -0.478 e. The number of likely N-dealkylation sites (N-methyl/N-ethyl adjacent to an activating group) is 1. The Kier molecular flexibility index (Phi) is 4.19. The predicted molar refractivity (Wildman–Crippen MR) is 60.6 cm³/mol. The van der Waals surface area contributed by atoms with E-state index >= 15 is 0 Å². The molecule has 4 heteroatoms. The molecule has 0 aliphatic carbocycles. The average Bonchev–Trinajstić information content (AvgIpc) is 2.26. The summed E-state index contributed by atoms with van der Waals surface area (Å²) in [6.07, 6.45) is 0.575. The number of benzene rings is 1. The van der Waals surface area contributed by atoms with Crippen molar-refractivity contribution < 1.29 is 14.7 Å². The van der Waals surface area contributed by atoms with Crippen LogP contribution in [0.25, 0.3) is 0 Å². The number of carboxylic acid groups (broad SMARTS) is 1. The van der Waals surface area contributed by atoms with Gasteiger partial charge in [-0.3, -0.25) is 4.79 Å². The molecule has 0 fully saturated rings. The van der Waals surface area contributed by atoms with Gasteiger partial charge in [-0.15, -0.1) is 0 Å². The van der Waals surface area contributed by atoms with E-state index < -0.39 is 5.97 Å². The summed E-state index contributed by atoms with van der Waals surface area (Å²) in [7, 11) is 1.73. The number of nitrogens with one attached hydrogen (secondary N) is 1. The maximum atomic E-state index is 11.2. The third kappa shape index (κ3) is 3.17. The molecule has 1 aromatic carbocycles. The van der Waals surface area contributed by atoms with Crippen LogP contribution in [0.1, 0.15) is 22.8 Å². The molecular weight excluding hydrogens is 206 g/mol. The lowest BCUT2D eigenvalue weighted by atomic mass is 10.0. The summed E-state index contributed by atoms with van der Waals surface area (Å²) < 4.78 is 0. The molecule has 86 valence electrons. The summed E-state index contributed by atoms with van der Waals surface area (Å²) in [6, 6.07) is 6.35. The lowest BCUT2D eigenvalue weighted by molar-refractivity contribution is -0.118. The summed E-state index contributed by atoms with van der Waals surface area (Å²) in [5.74, 6) is -0.868. The molecule has 0 saturated carbocycles. The highest BCUT2D eigenvalue weighted by Gasteiger charge is 2.12. The molecule has 1 aromatic rings. The molecule has 4 nitrogen and oxygen atoms in total. The van der Waals surface area contributed by atoms with Gasteiger partial charge in [0, 0.05) is 0 Å². The van der Waals surface area contributed by atoms with E-state index in [0.29, 0.717) is 6.42 Å². The fraction of sp³-hybridized carbons (Fsp3) is 0.333. The van der Waals surface area contributed by atoms with Gasteiger partial charge in [0.2, 0.25) is 0 Å². The van der Waals surface area contributed by atoms with Crippen LogP contribution in [0.5, 0.6) is 0 Å². The number of hydrogen-bond donors (Lipinski definition) is 2. The monoisotopic (exact) mass is 221 g/mol. The summed E-state index contributed by atoms with van der Waals surface area (Å²) in [6.45, 7) is 1.53. The Hall–Kier alpha value is -1.68. The second-order valence-electron chi connectivity index (χ2n) is 3.66. The van der Waals surface area contributed by atoms with Crippen molar-refractivity contribution >= 4 is 11.8 Å². The molecule has 0 aliphatic heterocycles. The molecule has 0 aromatic heterocycles. The van der Waals surface area contributed by atoms with Gasteiger partial charge in [0.1, 0.15) is 5.78 Å². The maximum absolute atomic E-state index is 11.2. The predicted octanol–water partition coefficient (Wildman–Crippen LogP) is 1.10. The van der Waals surface area contributed by atoms with Gasteiger partial charge in [0.15, 0.2) is 0 Å². The quantitative estimate of drug-likeness (QED) is 0.781. The molecule has 0 unspecified atom stereocenters. The SMILES string of the molecule is CN[C@@H](Cc1ccc(C(=O)O)cc1)C(C)=O. The lowest BCUT2D eigenvalue weighted by Crippen LogP contribution is -2.34. The normalized spacial score (nSPS) is 12.1. The smallest absolute Gasteiger partial charge is 0.335 e. The van der Waals surface area contributed by atoms with Gasteiger partial charge < -0.3 is 10.4 Å². The number of Topliss-reactive ketones (excluding diaryl/α,β-unsaturated/α-hetero) is 1. The van der Waals surface area contributed by atoms with Crippen LogP contribution in [0.4, 0.5) is 0 Å². The summed E-state index contributed by atoms with van der Waals surface area (Å²) in [5.41, 5.74) is 1.20. The summed E-state index contributed by atoms with van der Waals surface area (Å²) in [4.78, 5) is 21.8. The molecule has 0 aliphatic rings. The fourth-order valence-electron chi connectivity index (χ4n) is 1.47. The van der Waals surface area contributed by atoms with Gasteiger partial charge in [0.05, 0.1) is 11.6 Å². The van der Waals surface area contributed by atoms with Crippen LogP contribution >= 0.6 is 0 Å². The first-order valence-electron chi connectivity index (χ1n) is 5.04. The number of carbonyl (C=O) groups is 2. The molecule has 2 N–H and O–H groups in total. The van der Waals surface area contributed by atoms with Gasteiger partial charge in [-0.1, -0.05) is 12.1 Å². The minimum absolute atomic E-state index is 0.0739. The average molecular weight is 221 g/mol. The van der Waals surface area contributed by atoms with Crippen LogP contribution in [0, 0.1) is 0 Å². The molecule has 1 rings (SSSR count). The van der Waals surface area contributed by atoms with Crippen LogP contribution in [0.3, 0.4) is 0 Å². The second kappa shape index (κ2) is 5.42. The molecule has 1 atom stereocenters. The third-order valence-electron chi connectivity index (χ3n) is 2.48. The topological polar surface area (TPSA) is 66.4 Å². The first kappa shape index (κ1) is 12.4. The molecule has 16 heavy (non-hydrogen) atoms. The number of ketones is 1. The number of carboxylic acids is 1. The van der Waals surface area contributed by atoms with E-state index in [2.05, 4.69) is 5.32 Å². The van der Waals surface area contributed by atoms with E-state index in [1.165, 1.54) is 6.92 Å². The number of rotatable bonds is 5. The fourth-order valence-corrected chi connectivity index (χ4v) is 1.47.